The molecule has 1 aromatic carbocycles. The van der Waals surface area contributed by atoms with Crippen molar-refractivity contribution in [1.82, 2.24) is 19.4 Å². The molecule has 2 aliphatic rings. The number of nitriles is 1. The predicted molar refractivity (Wildman–Crippen MR) is 178 cm³/mol. The first-order valence-electron chi connectivity index (χ1n) is 15.3. The maximum Gasteiger partial charge on any atom is 0.264 e. The average molecular weight is 675 g/mol. The Morgan fingerprint density at radius 1 is 1.04 bits per heavy atom. The third-order valence-corrected chi connectivity index (χ3v) is 10.1. The molecular formula is C35H40BrN5O4. The smallest absolute Gasteiger partial charge is 0.264 e. The van der Waals surface area contributed by atoms with Gasteiger partial charge in [-0.25, -0.2) is 4.98 Å². The Bertz CT molecular complexity index is 1700. The summed E-state index contributed by atoms with van der Waals surface area (Å²) >= 11 is 3.34. The van der Waals surface area contributed by atoms with E-state index in [-0.39, 0.29) is 22.5 Å². The van der Waals surface area contributed by atoms with E-state index in [1.807, 2.05) is 49.2 Å². The summed E-state index contributed by atoms with van der Waals surface area (Å²) in [6, 6.07) is 11.6. The van der Waals surface area contributed by atoms with E-state index in [1.54, 1.807) is 38.0 Å². The Morgan fingerprint density at radius 3 is 2.24 bits per heavy atom. The number of halogens is 1. The standard InChI is InChI=1S/C35H40BrN5O4/c1-23-24(2)33(42)39(3)21-28(23)25-18-30(44-4)29(31(19-25)45-5)22-40-13-9-35(10-14-40)11-15-41(16-12-35)34(43)26(20-37)17-27-7-6-8-32(36)38-27/h6-8,17-19,21H,9-16,22H2,1-5H3/b26-17+. The lowest BCUT2D eigenvalue weighted by Gasteiger charge is -2.47. The number of nitrogens with zero attached hydrogens (tertiary/aromatic N) is 5. The van der Waals surface area contributed by atoms with Gasteiger partial charge in [0.15, 0.2) is 0 Å². The van der Waals surface area contributed by atoms with E-state index < -0.39 is 0 Å². The van der Waals surface area contributed by atoms with Gasteiger partial charge in [-0.1, -0.05) is 6.07 Å². The number of aromatic nitrogens is 2. The number of methoxy groups -OCH3 is 2. The summed E-state index contributed by atoms with van der Waals surface area (Å²) in [6.45, 7) is 7.73. The summed E-state index contributed by atoms with van der Waals surface area (Å²) in [4.78, 5) is 34.2. The van der Waals surface area contributed by atoms with E-state index in [0.29, 0.717) is 29.9 Å². The minimum atomic E-state index is -0.225. The van der Waals surface area contributed by atoms with Gasteiger partial charge in [-0.05, 0) is 115 Å². The lowest BCUT2D eigenvalue weighted by Crippen LogP contribution is -2.48. The zero-order chi connectivity index (χ0) is 32.3. The number of carbonyl (C=O) groups excluding carboxylic acids is 1. The van der Waals surface area contributed by atoms with Crippen molar-refractivity contribution in [3.05, 3.63) is 79.4 Å². The highest BCUT2D eigenvalue weighted by molar-refractivity contribution is 9.10. The number of benzene rings is 1. The van der Waals surface area contributed by atoms with Gasteiger partial charge in [0, 0.05) is 44.0 Å². The Balaban J connectivity index is 1.24. The van der Waals surface area contributed by atoms with Gasteiger partial charge < -0.3 is 18.9 Å². The van der Waals surface area contributed by atoms with Crippen LogP contribution in [0, 0.1) is 30.6 Å². The second-order valence-corrected chi connectivity index (χ2v) is 13.0. The number of likely N-dealkylation sites (tertiary alicyclic amines) is 2. The lowest BCUT2D eigenvalue weighted by atomic mass is 9.71. The molecule has 9 nitrogen and oxygen atoms in total. The zero-order valence-corrected chi connectivity index (χ0v) is 28.2. The van der Waals surface area contributed by atoms with E-state index in [2.05, 4.69) is 31.9 Å². The molecule has 1 amide bonds. The highest BCUT2D eigenvalue weighted by atomic mass is 79.9. The molecule has 236 valence electrons. The first-order chi connectivity index (χ1) is 21.6. The van der Waals surface area contributed by atoms with Gasteiger partial charge in [0.05, 0.1) is 25.5 Å². The van der Waals surface area contributed by atoms with Crippen molar-refractivity contribution in [3.63, 3.8) is 0 Å². The summed E-state index contributed by atoms with van der Waals surface area (Å²) < 4.78 is 14.0. The first-order valence-corrected chi connectivity index (χ1v) is 16.1. The molecule has 0 radical (unpaired) electrons. The van der Waals surface area contributed by atoms with Crippen molar-refractivity contribution in [1.29, 1.82) is 5.26 Å². The van der Waals surface area contributed by atoms with Crippen LogP contribution in [0.15, 0.2) is 51.5 Å². The monoisotopic (exact) mass is 673 g/mol. The molecule has 0 unspecified atom stereocenters. The molecule has 0 N–H and O–H groups in total. The quantitative estimate of drug-likeness (QED) is 0.181. The Labute approximate surface area is 273 Å². The molecule has 1 spiro atoms. The molecule has 2 aromatic heterocycles. The van der Waals surface area contributed by atoms with Crippen molar-refractivity contribution in [3.8, 4) is 28.7 Å². The number of pyridine rings is 2. The SMILES string of the molecule is COc1cc(-c2cn(C)c(=O)c(C)c2C)cc(OC)c1CN1CCC2(CC1)CCN(C(=O)/C(C#N)=C/c1cccc(Br)n1)CC2. The topological polar surface area (TPSA) is 101 Å². The van der Waals surface area contributed by atoms with Crippen LogP contribution in [-0.2, 0) is 18.4 Å². The molecule has 45 heavy (non-hydrogen) atoms. The fourth-order valence-corrected chi connectivity index (χ4v) is 6.98. The van der Waals surface area contributed by atoms with Gasteiger partial charge in [-0.2, -0.15) is 5.26 Å². The van der Waals surface area contributed by atoms with Crippen LogP contribution >= 0.6 is 15.9 Å². The third kappa shape index (κ3) is 6.85. The predicted octanol–water partition coefficient (Wildman–Crippen LogP) is 5.66. The van der Waals surface area contributed by atoms with Gasteiger partial charge in [0.25, 0.3) is 11.5 Å². The number of aryl methyl sites for hydroxylation is 1. The highest BCUT2D eigenvalue weighted by Crippen LogP contribution is 2.43. The number of hydrogen-bond donors (Lipinski definition) is 0. The fourth-order valence-electron chi connectivity index (χ4n) is 6.62. The molecule has 2 fully saturated rings. The van der Waals surface area contributed by atoms with Crippen LogP contribution < -0.4 is 15.0 Å². The molecule has 5 rings (SSSR count). The summed E-state index contributed by atoms with van der Waals surface area (Å²) in [5.74, 6) is 1.31. The van der Waals surface area contributed by atoms with Crippen LogP contribution in [0.2, 0.25) is 0 Å². The normalized spacial score (nSPS) is 16.8. The summed E-state index contributed by atoms with van der Waals surface area (Å²) in [7, 11) is 5.14. The molecule has 2 aliphatic heterocycles. The molecule has 0 bridgehead atoms. The fraction of sp³-hybridized carbons (Fsp3) is 0.429. The Kier molecular flexibility index (Phi) is 9.80. The van der Waals surface area contributed by atoms with Crippen molar-refractivity contribution < 1.29 is 14.3 Å². The van der Waals surface area contributed by atoms with Crippen molar-refractivity contribution >= 4 is 27.9 Å². The van der Waals surface area contributed by atoms with Crippen LogP contribution in [0.1, 0.15) is 48.1 Å². The number of piperidine rings is 2. The molecule has 4 heterocycles. The van der Waals surface area contributed by atoms with E-state index in [1.165, 1.54) is 0 Å². The van der Waals surface area contributed by atoms with Crippen molar-refractivity contribution in [2.75, 3.05) is 40.4 Å². The number of ether oxygens (including phenoxy) is 2. The number of rotatable bonds is 7. The van der Waals surface area contributed by atoms with E-state index >= 15 is 0 Å². The van der Waals surface area contributed by atoms with Gasteiger partial charge in [-0.15, -0.1) is 0 Å². The molecular weight excluding hydrogens is 634 g/mol. The van der Waals surface area contributed by atoms with Gasteiger partial charge in [-0.3, -0.25) is 14.5 Å². The zero-order valence-electron chi connectivity index (χ0n) is 26.7. The summed E-state index contributed by atoms with van der Waals surface area (Å²) in [5.41, 5.74) is 5.51. The second-order valence-electron chi connectivity index (χ2n) is 12.2. The van der Waals surface area contributed by atoms with E-state index in [9.17, 15) is 14.9 Å². The van der Waals surface area contributed by atoms with E-state index in [0.717, 1.165) is 78.1 Å². The van der Waals surface area contributed by atoms with Crippen LogP contribution in [0.5, 0.6) is 11.5 Å². The van der Waals surface area contributed by atoms with E-state index in [4.69, 9.17) is 9.47 Å². The van der Waals surface area contributed by atoms with Gasteiger partial charge in [0.2, 0.25) is 0 Å². The molecule has 10 heteroatoms. The Hall–Kier alpha value is -3.94. The minimum Gasteiger partial charge on any atom is -0.496 e. The number of carbonyl (C=O) groups is 1. The maximum absolute atomic E-state index is 13.2. The van der Waals surface area contributed by atoms with Crippen LogP contribution in [0.3, 0.4) is 0 Å². The molecule has 0 aliphatic carbocycles. The van der Waals surface area contributed by atoms with Crippen molar-refractivity contribution in [2.45, 2.75) is 46.1 Å². The molecule has 3 aromatic rings. The average Bonchev–Trinajstić information content (AvgIpc) is 3.05. The second kappa shape index (κ2) is 13.6. The molecule has 2 saturated heterocycles. The van der Waals surface area contributed by atoms with Crippen molar-refractivity contribution in [2.24, 2.45) is 12.5 Å². The number of amides is 1. The lowest BCUT2D eigenvalue weighted by molar-refractivity contribution is -0.129. The minimum absolute atomic E-state index is 0.00448. The molecule has 0 atom stereocenters. The largest absolute Gasteiger partial charge is 0.496 e. The van der Waals surface area contributed by atoms with Crippen LogP contribution in [-0.4, -0.2) is 65.7 Å². The van der Waals surface area contributed by atoms with Gasteiger partial charge >= 0.3 is 0 Å². The maximum atomic E-state index is 13.2. The summed E-state index contributed by atoms with van der Waals surface area (Å²) in [5, 5.41) is 9.70. The third-order valence-electron chi connectivity index (χ3n) is 9.64. The highest BCUT2D eigenvalue weighted by Gasteiger charge is 2.39. The first kappa shape index (κ1) is 32.5. The Morgan fingerprint density at radius 2 is 1.67 bits per heavy atom. The number of hydrogen-bond acceptors (Lipinski definition) is 7. The summed E-state index contributed by atoms with van der Waals surface area (Å²) in [6.07, 6.45) is 7.41. The van der Waals surface area contributed by atoms with Gasteiger partial charge in [0.1, 0.15) is 27.7 Å². The van der Waals surface area contributed by atoms with Crippen LogP contribution in [0.4, 0.5) is 0 Å². The molecule has 0 saturated carbocycles. The van der Waals surface area contributed by atoms with Crippen LogP contribution in [0.25, 0.3) is 17.2 Å².